The smallest absolute Gasteiger partial charge is 0.123 e. The minimum absolute atomic E-state index is 0.0688. The summed E-state index contributed by atoms with van der Waals surface area (Å²) in [6.45, 7) is 2.48. The fourth-order valence-electron chi connectivity index (χ4n) is 1.97. The van der Waals surface area contributed by atoms with E-state index in [4.69, 9.17) is 22.1 Å². The third kappa shape index (κ3) is 4.23. The maximum atomic E-state index is 6.04. The molecule has 0 bridgehead atoms. The van der Waals surface area contributed by atoms with Crippen LogP contribution in [0.3, 0.4) is 0 Å². The second-order valence-electron chi connectivity index (χ2n) is 4.81. The van der Waals surface area contributed by atoms with Crippen LogP contribution in [-0.4, -0.2) is 6.04 Å². The molecule has 0 saturated carbocycles. The molecule has 0 fully saturated rings. The number of ether oxygens (including phenoxy) is 1. The Bertz CT molecular complexity index is 586. The lowest BCUT2D eigenvalue weighted by molar-refractivity contribution is 0.301. The Morgan fingerprint density at radius 3 is 2.65 bits per heavy atom. The first kappa shape index (κ1) is 15.4. The van der Waals surface area contributed by atoms with Crippen molar-refractivity contribution in [2.45, 2.75) is 26.0 Å². The standard InChI is InChI=1S/C16H17BrClNO/c1-11(19)8-13-9-14(18)6-7-16(13)20-10-12-4-2-3-5-15(12)17/h2-7,9,11H,8,10,19H2,1H3. The molecule has 0 spiro atoms. The molecule has 106 valence electrons. The minimum Gasteiger partial charge on any atom is -0.489 e. The van der Waals surface area contributed by atoms with E-state index in [0.29, 0.717) is 11.6 Å². The van der Waals surface area contributed by atoms with Crippen LogP contribution in [0.1, 0.15) is 18.1 Å². The van der Waals surface area contributed by atoms with Gasteiger partial charge in [0.15, 0.2) is 0 Å². The van der Waals surface area contributed by atoms with Gasteiger partial charge in [0.05, 0.1) is 0 Å². The highest BCUT2D eigenvalue weighted by Gasteiger charge is 2.08. The lowest BCUT2D eigenvalue weighted by Gasteiger charge is -2.14. The lowest BCUT2D eigenvalue weighted by atomic mass is 10.1. The topological polar surface area (TPSA) is 35.2 Å². The molecule has 2 nitrogen and oxygen atoms in total. The molecular weight excluding hydrogens is 338 g/mol. The van der Waals surface area contributed by atoms with Crippen molar-refractivity contribution in [3.63, 3.8) is 0 Å². The van der Waals surface area contributed by atoms with Crippen molar-refractivity contribution in [2.24, 2.45) is 5.73 Å². The maximum Gasteiger partial charge on any atom is 0.123 e. The van der Waals surface area contributed by atoms with Crippen molar-refractivity contribution in [3.8, 4) is 5.75 Å². The van der Waals surface area contributed by atoms with Gasteiger partial charge in [0, 0.05) is 21.1 Å². The van der Waals surface area contributed by atoms with Crippen molar-refractivity contribution in [1.82, 2.24) is 0 Å². The van der Waals surface area contributed by atoms with Crippen LogP contribution in [0.4, 0.5) is 0 Å². The molecule has 0 aliphatic carbocycles. The van der Waals surface area contributed by atoms with Gasteiger partial charge in [-0.3, -0.25) is 0 Å². The van der Waals surface area contributed by atoms with Gasteiger partial charge in [-0.25, -0.2) is 0 Å². The molecule has 0 saturated heterocycles. The number of rotatable bonds is 5. The molecule has 2 aromatic carbocycles. The summed E-state index contributed by atoms with van der Waals surface area (Å²) in [7, 11) is 0. The van der Waals surface area contributed by atoms with Gasteiger partial charge in [-0.1, -0.05) is 45.7 Å². The maximum absolute atomic E-state index is 6.04. The number of nitrogens with two attached hydrogens (primary N) is 1. The Labute approximate surface area is 133 Å². The first-order chi connectivity index (χ1) is 9.56. The summed E-state index contributed by atoms with van der Waals surface area (Å²) in [5, 5.41) is 0.703. The molecule has 0 aromatic heterocycles. The molecule has 1 unspecified atom stereocenters. The minimum atomic E-state index is 0.0688. The van der Waals surface area contributed by atoms with Crippen LogP contribution in [0.5, 0.6) is 5.75 Å². The Hall–Kier alpha value is -1.03. The van der Waals surface area contributed by atoms with E-state index in [1.54, 1.807) is 0 Å². The molecule has 20 heavy (non-hydrogen) atoms. The summed E-state index contributed by atoms with van der Waals surface area (Å²) in [6.07, 6.45) is 0.742. The third-order valence-corrected chi connectivity index (χ3v) is 3.91. The summed E-state index contributed by atoms with van der Waals surface area (Å²) in [6, 6.07) is 13.7. The molecular formula is C16H17BrClNO. The second kappa shape index (κ2) is 7.11. The van der Waals surface area contributed by atoms with Gasteiger partial charge >= 0.3 is 0 Å². The molecule has 1 atom stereocenters. The zero-order valence-corrected chi connectivity index (χ0v) is 13.6. The summed E-state index contributed by atoms with van der Waals surface area (Å²) in [5.41, 5.74) is 8.02. The fraction of sp³-hybridized carbons (Fsp3) is 0.250. The third-order valence-electron chi connectivity index (χ3n) is 2.91. The number of benzene rings is 2. The molecule has 0 heterocycles. The van der Waals surface area contributed by atoms with E-state index in [9.17, 15) is 0 Å². The van der Waals surface area contributed by atoms with Crippen molar-refractivity contribution in [1.29, 1.82) is 0 Å². The monoisotopic (exact) mass is 353 g/mol. The normalized spacial score (nSPS) is 12.2. The Kier molecular flexibility index (Phi) is 5.46. The Balaban J connectivity index is 2.15. The molecule has 0 aliphatic heterocycles. The van der Waals surface area contributed by atoms with Gasteiger partial charge in [0.25, 0.3) is 0 Å². The molecule has 2 aromatic rings. The van der Waals surface area contributed by atoms with Crippen LogP contribution in [0.25, 0.3) is 0 Å². The summed E-state index contributed by atoms with van der Waals surface area (Å²) in [4.78, 5) is 0. The highest BCUT2D eigenvalue weighted by Crippen LogP contribution is 2.26. The van der Waals surface area contributed by atoms with Crippen LogP contribution in [0.2, 0.25) is 5.02 Å². The van der Waals surface area contributed by atoms with E-state index in [0.717, 1.165) is 27.8 Å². The van der Waals surface area contributed by atoms with Crippen molar-refractivity contribution in [3.05, 3.63) is 63.1 Å². The highest BCUT2D eigenvalue weighted by molar-refractivity contribution is 9.10. The first-order valence-corrected chi connectivity index (χ1v) is 7.63. The van der Waals surface area contributed by atoms with Crippen molar-refractivity contribution < 1.29 is 4.74 Å². The molecule has 2 rings (SSSR count). The highest BCUT2D eigenvalue weighted by atomic mass is 79.9. The Morgan fingerprint density at radius 1 is 1.20 bits per heavy atom. The van der Waals surface area contributed by atoms with Crippen LogP contribution < -0.4 is 10.5 Å². The van der Waals surface area contributed by atoms with Crippen molar-refractivity contribution in [2.75, 3.05) is 0 Å². The molecule has 0 amide bonds. The number of hydrogen-bond donors (Lipinski definition) is 1. The number of hydrogen-bond acceptors (Lipinski definition) is 2. The van der Waals surface area contributed by atoms with Gasteiger partial charge < -0.3 is 10.5 Å². The summed E-state index contributed by atoms with van der Waals surface area (Å²) in [5.74, 6) is 0.836. The van der Waals surface area contributed by atoms with E-state index >= 15 is 0 Å². The van der Waals surface area contributed by atoms with Crippen LogP contribution in [0.15, 0.2) is 46.9 Å². The van der Waals surface area contributed by atoms with E-state index in [-0.39, 0.29) is 6.04 Å². The molecule has 0 aliphatic rings. The average molecular weight is 355 g/mol. The van der Waals surface area contributed by atoms with E-state index in [2.05, 4.69) is 15.9 Å². The first-order valence-electron chi connectivity index (χ1n) is 6.46. The SMILES string of the molecule is CC(N)Cc1cc(Cl)ccc1OCc1ccccc1Br. The van der Waals surface area contributed by atoms with Gasteiger partial charge in [0.1, 0.15) is 12.4 Å². The molecule has 4 heteroatoms. The van der Waals surface area contributed by atoms with Gasteiger partial charge in [-0.05, 0) is 43.2 Å². The average Bonchev–Trinajstić information content (AvgIpc) is 2.39. The molecule has 0 radical (unpaired) electrons. The van der Waals surface area contributed by atoms with E-state index in [1.807, 2.05) is 49.4 Å². The molecule has 2 N–H and O–H groups in total. The van der Waals surface area contributed by atoms with Gasteiger partial charge in [0.2, 0.25) is 0 Å². The van der Waals surface area contributed by atoms with Crippen LogP contribution >= 0.6 is 27.5 Å². The van der Waals surface area contributed by atoms with Crippen LogP contribution in [-0.2, 0) is 13.0 Å². The second-order valence-corrected chi connectivity index (χ2v) is 6.10. The van der Waals surface area contributed by atoms with Crippen LogP contribution in [0, 0.1) is 0 Å². The Morgan fingerprint density at radius 2 is 1.95 bits per heavy atom. The quantitative estimate of drug-likeness (QED) is 0.853. The van der Waals surface area contributed by atoms with Crippen molar-refractivity contribution >= 4 is 27.5 Å². The summed E-state index contributed by atoms with van der Waals surface area (Å²) < 4.78 is 6.96. The largest absolute Gasteiger partial charge is 0.489 e. The van der Waals surface area contributed by atoms with E-state index in [1.165, 1.54) is 0 Å². The zero-order valence-electron chi connectivity index (χ0n) is 11.3. The predicted molar refractivity (Wildman–Crippen MR) is 87.3 cm³/mol. The summed E-state index contributed by atoms with van der Waals surface area (Å²) >= 11 is 9.56. The van der Waals surface area contributed by atoms with Gasteiger partial charge in [-0.15, -0.1) is 0 Å². The van der Waals surface area contributed by atoms with E-state index < -0.39 is 0 Å². The fourth-order valence-corrected chi connectivity index (χ4v) is 2.56. The predicted octanol–water partition coefficient (Wildman–Crippen LogP) is 4.57. The van der Waals surface area contributed by atoms with Gasteiger partial charge in [-0.2, -0.15) is 0 Å². The zero-order chi connectivity index (χ0) is 14.5. The lowest BCUT2D eigenvalue weighted by Crippen LogP contribution is -2.18. The number of halogens is 2.